The molecule has 1 radical (unpaired) electrons. The van der Waals surface area contributed by atoms with Crippen molar-refractivity contribution in [2.24, 2.45) is 0 Å². The molecule has 0 spiro atoms. The van der Waals surface area contributed by atoms with Crippen LogP contribution in [0.2, 0.25) is 0 Å². The van der Waals surface area contributed by atoms with Crippen LogP contribution in [0.3, 0.4) is 0 Å². The Morgan fingerprint density at radius 1 is 0.621 bits per heavy atom. The molecule has 0 bridgehead atoms. The minimum atomic E-state index is -4.94. The van der Waals surface area contributed by atoms with Crippen LogP contribution in [-0.2, 0) is 17.1 Å². The third-order valence-corrected chi connectivity index (χ3v) is 3.08. The van der Waals surface area contributed by atoms with Crippen LogP contribution in [0, 0.1) is 20.5 Å². The van der Waals surface area contributed by atoms with Gasteiger partial charge in [0, 0.05) is 51.8 Å². The fourth-order valence-corrected chi connectivity index (χ4v) is 1.82. The van der Waals surface area contributed by atoms with E-state index in [0.29, 0.717) is 12.1 Å². The molecular formula is C12H30Cl2CuN6O8. The van der Waals surface area contributed by atoms with E-state index in [9.17, 15) is 0 Å². The largest absolute Gasteiger partial charge is 2.00 e. The molecule has 17 heteroatoms. The number of nitrogens with one attached hydrogen (secondary N) is 4. The maximum Gasteiger partial charge on any atom is 2.00 e. The summed E-state index contributed by atoms with van der Waals surface area (Å²) in [4.78, 5) is 4.50. The predicted octanol–water partition coefficient (Wildman–Crippen LogP) is -10.7. The van der Waals surface area contributed by atoms with E-state index in [1.807, 2.05) is 0 Å². The Balaban J connectivity index is -0.000000512. The van der Waals surface area contributed by atoms with Gasteiger partial charge in [0.25, 0.3) is 0 Å². The van der Waals surface area contributed by atoms with Crippen LogP contribution in [0.15, 0.2) is 0 Å². The van der Waals surface area contributed by atoms with Crippen LogP contribution in [0.4, 0.5) is 0 Å². The first-order chi connectivity index (χ1) is 12.6. The van der Waals surface area contributed by atoms with Crippen molar-refractivity contribution >= 4 is 0 Å². The molecule has 0 aromatic carbocycles. The van der Waals surface area contributed by atoms with Gasteiger partial charge >= 0.3 is 17.1 Å². The van der Waals surface area contributed by atoms with Gasteiger partial charge in [-0.05, 0) is 27.9 Å². The van der Waals surface area contributed by atoms with E-state index in [4.69, 9.17) is 37.3 Å². The van der Waals surface area contributed by atoms with E-state index >= 15 is 0 Å². The first kappa shape index (κ1) is 34.2. The van der Waals surface area contributed by atoms with Gasteiger partial charge < -0.3 is 21.3 Å². The SMILES string of the molecule is C[C@@H]1CNCN(C)CN[C@@H](C)CNCN(C)CN1.[Cu+2].[O-][Cl+3]([O-])([O-])[O-].[O-][Cl+3]([O-])([O-])[O-]. The summed E-state index contributed by atoms with van der Waals surface area (Å²) in [6, 6.07) is 0.964. The van der Waals surface area contributed by atoms with Crippen LogP contribution in [0.1, 0.15) is 13.8 Å². The fourth-order valence-electron chi connectivity index (χ4n) is 1.82. The Morgan fingerprint density at radius 3 is 1.10 bits per heavy atom. The Kier molecular flexibility index (Phi) is 21.4. The second-order valence-corrected chi connectivity index (χ2v) is 7.73. The summed E-state index contributed by atoms with van der Waals surface area (Å²) in [5.74, 6) is 0. The van der Waals surface area contributed by atoms with E-state index in [0.717, 1.165) is 39.8 Å². The monoisotopic (exact) mass is 519 g/mol. The molecule has 1 saturated heterocycles. The zero-order chi connectivity index (χ0) is 22.4. The van der Waals surface area contributed by atoms with Crippen molar-refractivity contribution in [3.8, 4) is 0 Å². The van der Waals surface area contributed by atoms with Crippen LogP contribution < -0.4 is 58.5 Å². The molecule has 29 heavy (non-hydrogen) atoms. The normalized spacial score (nSPS) is 24.0. The number of halogens is 2. The molecule has 1 rings (SSSR count). The smallest absolute Gasteiger partial charge is 0.303 e. The maximum atomic E-state index is 8.49. The van der Waals surface area contributed by atoms with Crippen LogP contribution in [-0.4, -0.2) is 75.7 Å². The molecule has 1 fully saturated rings. The number of nitrogens with zero attached hydrogens (tertiary/aromatic N) is 2. The summed E-state index contributed by atoms with van der Waals surface area (Å²) in [6.07, 6.45) is 0. The van der Waals surface area contributed by atoms with Crippen molar-refractivity contribution in [1.29, 1.82) is 0 Å². The van der Waals surface area contributed by atoms with E-state index in [1.54, 1.807) is 0 Å². The molecule has 1 heterocycles. The van der Waals surface area contributed by atoms with Gasteiger partial charge in [0.2, 0.25) is 0 Å². The van der Waals surface area contributed by atoms with Gasteiger partial charge in [-0.1, -0.05) is 0 Å². The summed E-state index contributed by atoms with van der Waals surface area (Å²) < 4.78 is 67.9. The molecule has 2 atom stereocenters. The molecule has 0 unspecified atom stereocenters. The van der Waals surface area contributed by atoms with Crippen molar-refractivity contribution in [2.75, 3.05) is 53.9 Å². The Morgan fingerprint density at radius 2 is 0.862 bits per heavy atom. The quantitative estimate of drug-likeness (QED) is 0.217. The summed E-state index contributed by atoms with van der Waals surface area (Å²) in [7, 11) is -5.64. The van der Waals surface area contributed by atoms with Gasteiger partial charge in [0.1, 0.15) is 0 Å². The van der Waals surface area contributed by atoms with Crippen molar-refractivity contribution in [3.05, 3.63) is 0 Å². The molecule has 0 saturated carbocycles. The molecule has 0 aromatic heterocycles. The average Bonchev–Trinajstić information content (AvgIpc) is 2.47. The van der Waals surface area contributed by atoms with Gasteiger partial charge in [-0.2, -0.15) is 0 Å². The van der Waals surface area contributed by atoms with Gasteiger partial charge in [-0.15, -0.1) is 20.5 Å². The summed E-state index contributed by atoms with van der Waals surface area (Å²) in [6.45, 7) is 10.0. The van der Waals surface area contributed by atoms with E-state index in [-0.39, 0.29) is 17.1 Å². The summed E-state index contributed by atoms with van der Waals surface area (Å²) in [5.41, 5.74) is 0. The van der Waals surface area contributed by atoms with E-state index in [1.165, 1.54) is 0 Å². The second kappa shape index (κ2) is 18.1. The van der Waals surface area contributed by atoms with Crippen molar-refractivity contribution in [3.63, 3.8) is 0 Å². The number of hydrogen-bond donors (Lipinski definition) is 4. The molecule has 0 aromatic rings. The number of hydrogen-bond acceptors (Lipinski definition) is 14. The topological polar surface area (TPSA) is 239 Å². The number of rotatable bonds is 0. The fraction of sp³-hybridized carbons (Fsp3) is 1.00. The molecule has 4 N–H and O–H groups in total. The van der Waals surface area contributed by atoms with Crippen LogP contribution in [0.25, 0.3) is 0 Å². The molecule has 181 valence electrons. The minimum Gasteiger partial charge on any atom is -0.303 e. The molecule has 0 aliphatic carbocycles. The Labute approximate surface area is 185 Å². The standard InChI is InChI=1S/C12H30N6.2ClHO4.Cu/c1-11-5-13-7-18(4)10-16-12(2)6-14-8-17(3)9-15-11;2*2-1(3,4)5;/h11-16H,5-10H2,1-4H3;2*(H,2,3,4,5);/q;;;+2/p-2/t11-,12+;;;. The Bertz CT molecular complexity index is 317. The van der Waals surface area contributed by atoms with Crippen molar-refractivity contribution in [2.45, 2.75) is 25.9 Å². The third-order valence-electron chi connectivity index (χ3n) is 3.08. The molecule has 14 nitrogen and oxygen atoms in total. The zero-order valence-corrected chi connectivity index (χ0v) is 19.1. The van der Waals surface area contributed by atoms with E-state index in [2.05, 4.69) is 59.0 Å². The average molecular weight is 521 g/mol. The van der Waals surface area contributed by atoms with E-state index < -0.39 is 20.5 Å². The first-order valence-corrected chi connectivity index (χ1v) is 10.5. The minimum absolute atomic E-state index is 0. The third kappa shape index (κ3) is 39.6. The maximum absolute atomic E-state index is 8.49. The molecular weight excluding hydrogens is 491 g/mol. The van der Waals surface area contributed by atoms with Crippen LogP contribution >= 0.6 is 0 Å². The van der Waals surface area contributed by atoms with Gasteiger partial charge in [0.05, 0.1) is 0 Å². The first-order valence-electron chi connectivity index (χ1n) is 8.06. The van der Waals surface area contributed by atoms with Crippen molar-refractivity contribution < 1.29 is 74.8 Å². The molecule has 1 aliphatic heterocycles. The second-order valence-electron chi connectivity index (χ2n) is 6.22. The van der Waals surface area contributed by atoms with Crippen molar-refractivity contribution in [1.82, 2.24) is 31.1 Å². The zero-order valence-electron chi connectivity index (χ0n) is 16.6. The summed E-state index contributed by atoms with van der Waals surface area (Å²) in [5, 5.41) is 13.9. The Hall–Kier alpha value is 0.539. The molecule has 1 aliphatic rings. The van der Waals surface area contributed by atoms with Gasteiger partial charge in [0.15, 0.2) is 0 Å². The molecule has 0 amide bonds. The predicted molar refractivity (Wildman–Crippen MR) is 76.2 cm³/mol. The van der Waals surface area contributed by atoms with Gasteiger partial charge in [-0.3, -0.25) is 9.80 Å². The summed E-state index contributed by atoms with van der Waals surface area (Å²) >= 11 is 0. The van der Waals surface area contributed by atoms with Crippen LogP contribution in [0.5, 0.6) is 0 Å². The van der Waals surface area contributed by atoms with Gasteiger partial charge in [-0.25, -0.2) is 37.3 Å².